The monoisotopic (exact) mass is 313 g/mol. The molecule has 0 bridgehead atoms. The molecule has 0 aromatic heterocycles. The Labute approximate surface area is 128 Å². The molecular formula is C16H27NO3S. The summed E-state index contributed by atoms with van der Waals surface area (Å²) in [6, 6.07) is -0.201. The predicted octanol–water partition coefficient (Wildman–Crippen LogP) is 2.81. The van der Waals surface area contributed by atoms with Crippen LogP contribution >= 0.6 is 0 Å². The van der Waals surface area contributed by atoms with E-state index in [0.717, 1.165) is 12.8 Å². The van der Waals surface area contributed by atoms with Crippen molar-refractivity contribution in [2.45, 2.75) is 53.5 Å². The molecule has 0 radical (unpaired) electrons. The van der Waals surface area contributed by atoms with E-state index < -0.39 is 15.9 Å². The zero-order valence-electron chi connectivity index (χ0n) is 13.7. The standard InChI is InChI=1S/C16H27NO3S/c1-7-11(3)14(18)17-13-9-12(4)15(5,6)16(13,8-2)10-21(17,19)20/h7,11-13H,1,8-10H2,2-6H3/t11-,12?,13-,16?/m0/s1. The second-order valence-electron chi connectivity index (χ2n) is 7.30. The number of carbonyl (C=O) groups excluding carboxylic acids is 1. The molecular weight excluding hydrogens is 286 g/mol. The van der Waals surface area contributed by atoms with E-state index in [1.807, 2.05) is 6.92 Å². The Morgan fingerprint density at radius 2 is 2.05 bits per heavy atom. The molecule has 2 fully saturated rings. The third-order valence-corrected chi connectivity index (χ3v) is 8.26. The van der Waals surface area contributed by atoms with Crippen molar-refractivity contribution in [2.75, 3.05) is 5.75 Å². The lowest BCUT2D eigenvalue weighted by Crippen LogP contribution is -2.46. The van der Waals surface area contributed by atoms with Crippen molar-refractivity contribution >= 4 is 15.9 Å². The summed E-state index contributed by atoms with van der Waals surface area (Å²) in [6.45, 7) is 13.9. The summed E-state index contributed by atoms with van der Waals surface area (Å²) in [4.78, 5) is 12.6. The molecule has 5 heteroatoms. The molecule has 1 amide bonds. The van der Waals surface area contributed by atoms with Crippen molar-refractivity contribution < 1.29 is 13.2 Å². The van der Waals surface area contributed by atoms with Gasteiger partial charge < -0.3 is 0 Å². The van der Waals surface area contributed by atoms with Crippen molar-refractivity contribution in [3.63, 3.8) is 0 Å². The third kappa shape index (κ3) is 2.00. The van der Waals surface area contributed by atoms with E-state index in [4.69, 9.17) is 0 Å². The molecule has 0 N–H and O–H groups in total. The maximum Gasteiger partial charge on any atom is 0.242 e. The average molecular weight is 313 g/mol. The molecule has 2 unspecified atom stereocenters. The molecule has 1 saturated carbocycles. The minimum absolute atomic E-state index is 0.0913. The van der Waals surface area contributed by atoms with E-state index in [2.05, 4.69) is 27.4 Å². The van der Waals surface area contributed by atoms with Crippen LogP contribution in [-0.4, -0.2) is 30.4 Å². The highest BCUT2D eigenvalue weighted by Gasteiger charge is 2.67. The largest absolute Gasteiger partial charge is 0.273 e. The van der Waals surface area contributed by atoms with Crippen LogP contribution in [0.3, 0.4) is 0 Å². The lowest BCUT2D eigenvalue weighted by atomic mass is 9.63. The Morgan fingerprint density at radius 1 is 1.48 bits per heavy atom. The Hall–Kier alpha value is -0.840. The number of hydrogen-bond donors (Lipinski definition) is 0. The molecule has 0 spiro atoms. The molecule has 1 aliphatic heterocycles. The molecule has 21 heavy (non-hydrogen) atoms. The quantitative estimate of drug-likeness (QED) is 0.753. The number of hydrogen-bond acceptors (Lipinski definition) is 3. The lowest BCUT2D eigenvalue weighted by molar-refractivity contribution is -0.131. The topological polar surface area (TPSA) is 54.5 Å². The predicted molar refractivity (Wildman–Crippen MR) is 84.1 cm³/mol. The van der Waals surface area contributed by atoms with Crippen LogP contribution in [0.4, 0.5) is 0 Å². The first-order valence-electron chi connectivity index (χ1n) is 7.73. The summed E-state index contributed by atoms with van der Waals surface area (Å²) in [5.41, 5.74) is -0.423. The van der Waals surface area contributed by atoms with Gasteiger partial charge in [0, 0.05) is 5.41 Å². The molecule has 0 aromatic rings. The number of nitrogens with zero attached hydrogens (tertiary/aromatic N) is 1. The number of amides is 1. The van der Waals surface area contributed by atoms with Gasteiger partial charge in [0.15, 0.2) is 0 Å². The molecule has 1 saturated heterocycles. The maximum atomic E-state index is 12.7. The SMILES string of the molecule is C=C[C@H](C)C(=O)N1[C@H]2CC(C)C(C)(C)C2(CC)CS1(=O)=O. The van der Waals surface area contributed by atoms with Crippen LogP contribution in [0.25, 0.3) is 0 Å². The average Bonchev–Trinajstić information content (AvgIpc) is 2.74. The summed E-state index contributed by atoms with van der Waals surface area (Å²) in [5.74, 6) is -0.303. The molecule has 1 aliphatic carbocycles. The zero-order valence-corrected chi connectivity index (χ0v) is 14.5. The van der Waals surface area contributed by atoms with E-state index in [9.17, 15) is 13.2 Å². The highest BCUT2D eigenvalue weighted by Crippen LogP contribution is 2.63. The van der Waals surface area contributed by atoms with Gasteiger partial charge in [-0.1, -0.05) is 40.7 Å². The number of carbonyl (C=O) groups is 1. The fourth-order valence-corrected chi connectivity index (χ4v) is 7.03. The van der Waals surface area contributed by atoms with E-state index in [1.54, 1.807) is 6.92 Å². The van der Waals surface area contributed by atoms with E-state index in [0.29, 0.717) is 5.92 Å². The Balaban J connectivity index is 2.55. The van der Waals surface area contributed by atoms with Crippen LogP contribution in [0.15, 0.2) is 12.7 Å². The van der Waals surface area contributed by atoms with Crippen molar-refractivity contribution in [3.8, 4) is 0 Å². The van der Waals surface area contributed by atoms with Gasteiger partial charge in [-0.2, -0.15) is 0 Å². The maximum absolute atomic E-state index is 12.7. The third-order valence-electron chi connectivity index (χ3n) is 6.34. The second kappa shape index (κ2) is 4.83. The van der Waals surface area contributed by atoms with Gasteiger partial charge in [0.1, 0.15) is 0 Å². The van der Waals surface area contributed by atoms with Gasteiger partial charge in [-0.25, -0.2) is 12.7 Å². The van der Waals surface area contributed by atoms with Crippen LogP contribution in [0, 0.1) is 22.7 Å². The lowest BCUT2D eigenvalue weighted by Gasteiger charge is -2.41. The second-order valence-corrected chi connectivity index (χ2v) is 9.14. The zero-order chi connectivity index (χ0) is 16.2. The fraction of sp³-hybridized carbons (Fsp3) is 0.812. The Kier molecular flexibility index (Phi) is 3.80. The molecule has 4 atom stereocenters. The summed E-state index contributed by atoms with van der Waals surface area (Å²) < 4.78 is 26.5. The van der Waals surface area contributed by atoms with Crippen LogP contribution in [-0.2, 0) is 14.8 Å². The van der Waals surface area contributed by atoms with E-state index in [1.165, 1.54) is 10.4 Å². The molecule has 0 aromatic carbocycles. The van der Waals surface area contributed by atoms with Gasteiger partial charge in [0.25, 0.3) is 0 Å². The smallest absolute Gasteiger partial charge is 0.242 e. The number of rotatable bonds is 3. The minimum atomic E-state index is -3.53. The van der Waals surface area contributed by atoms with Crippen molar-refractivity contribution in [2.24, 2.45) is 22.7 Å². The van der Waals surface area contributed by atoms with Gasteiger partial charge in [0.2, 0.25) is 15.9 Å². The van der Waals surface area contributed by atoms with Crippen LogP contribution in [0.2, 0.25) is 0 Å². The first kappa shape index (κ1) is 16.5. The first-order chi connectivity index (χ1) is 9.55. The highest BCUT2D eigenvalue weighted by atomic mass is 32.2. The number of fused-ring (bicyclic) bond motifs is 1. The summed E-state index contributed by atoms with van der Waals surface area (Å²) >= 11 is 0. The van der Waals surface area contributed by atoms with Crippen LogP contribution < -0.4 is 0 Å². The van der Waals surface area contributed by atoms with Gasteiger partial charge in [-0.3, -0.25) is 4.79 Å². The summed E-state index contributed by atoms with van der Waals surface area (Å²) in [7, 11) is -3.53. The number of sulfonamides is 1. The molecule has 2 rings (SSSR count). The van der Waals surface area contributed by atoms with Crippen molar-refractivity contribution in [1.82, 2.24) is 4.31 Å². The summed E-state index contributed by atoms with van der Waals surface area (Å²) in [6.07, 6.45) is 3.06. The normalized spacial score (nSPS) is 38.0. The minimum Gasteiger partial charge on any atom is -0.273 e. The molecule has 2 aliphatic rings. The Morgan fingerprint density at radius 3 is 2.52 bits per heavy atom. The first-order valence-corrected chi connectivity index (χ1v) is 9.34. The fourth-order valence-electron chi connectivity index (χ4n) is 4.35. The van der Waals surface area contributed by atoms with Crippen LogP contribution in [0.5, 0.6) is 0 Å². The van der Waals surface area contributed by atoms with Gasteiger partial charge in [-0.15, -0.1) is 6.58 Å². The summed E-state index contributed by atoms with van der Waals surface area (Å²) in [5, 5.41) is 0. The van der Waals surface area contributed by atoms with Gasteiger partial charge in [0.05, 0.1) is 17.7 Å². The highest BCUT2D eigenvalue weighted by molar-refractivity contribution is 7.90. The van der Waals surface area contributed by atoms with E-state index >= 15 is 0 Å². The van der Waals surface area contributed by atoms with Crippen molar-refractivity contribution in [3.05, 3.63) is 12.7 Å². The molecule has 120 valence electrons. The van der Waals surface area contributed by atoms with Crippen molar-refractivity contribution in [1.29, 1.82) is 0 Å². The van der Waals surface area contributed by atoms with Gasteiger partial charge >= 0.3 is 0 Å². The Bertz CT molecular complexity index is 566. The van der Waals surface area contributed by atoms with E-state index in [-0.39, 0.29) is 28.5 Å². The van der Waals surface area contributed by atoms with Gasteiger partial charge in [-0.05, 0) is 24.2 Å². The molecule has 1 heterocycles. The van der Waals surface area contributed by atoms with Crippen LogP contribution in [0.1, 0.15) is 47.5 Å². The molecule has 4 nitrogen and oxygen atoms in total.